The van der Waals surface area contributed by atoms with Crippen molar-refractivity contribution in [3.05, 3.63) is 47.8 Å². The molecule has 0 spiro atoms. The summed E-state index contributed by atoms with van der Waals surface area (Å²) in [4.78, 5) is 26.9. The molecule has 3 aromatic rings. The maximum absolute atomic E-state index is 12.8. The van der Waals surface area contributed by atoms with Gasteiger partial charge in [-0.05, 0) is 56.7 Å². The van der Waals surface area contributed by atoms with Gasteiger partial charge in [-0.1, -0.05) is 6.07 Å². The number of aryl methyl sites for hydroxylation is 3. The van der Waals surface area contributed by atoms with E-state index in [9.17, 15) is 4.79 Å². The van der Waals surface area contributed by atoms with E-state index in [-0.39, 0.29) is 12.1 Å². The smallest absolute Gasteiger partial charge is 0.318 e. The molecule has 1 aliphatic heterocycles. The minimum absolute atomic E-state index is 0.00342. The molecular weight excluding hydrogens is 352 g/mol. The fourth-order valence-corrected chi connectivity index (χ4v) is 3.99. The van der Waals surface area contributed by atoms with Crippen LogP contribution in [0.4, 0.5) is 4.79 Å². The van der Waals surface area contributed by atoms with Gasteiger partial charge in [0.15, 0.2) is 0 Å². The SMILES string of the molecule is Cc1ccc2[nH]c(CNC(=O)N3CCCC[C@H]3CCn3ccnc3)nc2c1C. The van der Waals surface area contributed by atoms with Gasteiger partial charge in [0.05, 0.1) is 23.9 Å². The Balaban J connectivity index is 1.38. The third kappa shape index (κ3) is 3.88. The van der Waals surface area contributed by atoms with Gasteiger partial charge in [-0.2, -0.15) is 0 Å². The van der Waals surface area contributed by atoms with Gasteiger partial charge in [-0.15, -0.1) is 0 Å². The standard InChI is InChI=1S/C21H28N6O/c1-15-6-7-18-20(16(15)2)25-19(24-18)13-23-21(28)27-10-4-3-5-17(27)8-11-26-12-9-22-14-26/h6-7,9,12,14,17H,3-5,8,10-11,13H2,1-2H3,(H,23,28)(H,24,25)/t17-/m0/s1. The van der Waals surface area contributed by atoms with Crippen LogP contribution in [0.5, 0.6) is 0 Å². The Morgan fingerprint density at radius 2 is 2.21 bits per heavy atom. The zero-order valence-electron chi connectivity index (χ0n) is 16.6. The van der Waals surface area contributed by atoms with E-state index in [4.69, 9.17) is 0 Å². The zero-order valence-corrected chi connectivity index (χ0v) is 16.6. The molecule has 148 valence electrons. The topological polar surface area (TPSA) is 78.8 Å². The number of benzene rings is 1. The maximum atomic E-state index is 12.8. The van der Waals surface area contributed by atoms with Crippen LogP contribution in [0.15, 0.2) is 30.9 Å². The molecule has 0 bridgehead atoms. The summed E-state index contributed by atoms with van der Waals surface area (Å²) in [5, 5.41) is 3.06. The van der Waals surface area contributed by atoms with Crippen LogP contribution in [0.25, 0.3) is 11.0 Å². The third-order valence-corrected chi connectivity index (χ3v) is 5.80. The molecule has 0 aliphatic carbocycles. The van der Waals surface area contributed by atoms with Crippen molar-refractivity contribution in [1.29, 1.82) is 0 Å². The van der Waals surface area contributed by atoms with Crippen molar-refractivity contribution in [2.45, 2.75) is 58.7 Å². The van der Waals surface area contributed by atoms with Crippen LogP contribution in [-0.2, 0) is 13.1 Å². The summed E-state index contributed by atoms with van der Waals surface area (Å²) < 4.78 is 2.07. The number of imidazole rings is 2. The van der Waals surface area contributed by atoms with Gasteiger partial charge < -0.3 is 19.8 Å². The van der Waals surface area contributed by atoms with E-state index in [0.717, 1.165) is 49.2 Å². The number of amides is 2. The molecule has 0 saturated carbocycles. The predicted molar refractivity (Wildman–Crippen MR) is 109 cm³/mol. The van der Waals surface area contributed by atoms with Gasteiger partial charge in [-0.3, -0.25) is 0 Å². The number of piperidine rings is 1. The van der Waals surface area contributed by atoms with E-state index in [1.54, 1.807) is 6.20 Å². The van der Waals surface area contributed by atoms with Crippen LogP contribution < -0.4 is 5.32 Å². The number of aromatic nitrogens is 4. The lowest BCUT2D eigenvalue weighted by atomic mass is 10.00. The van der Waals surface area contributed by atoms with Crippen molar-refractivity contribution < 1.29 is 4.79 Å². The molecule has 2 aromatic heterocycles. The molecule has 7 heteroatoms. The Hall–Kier alpha value is -2.83. The number of rotatable bonds is 5. The molecule has 2 N–H and O–H groups in total. The lowest BCUT2D eigenvalue weighted by Crippen LogP contribution is -2.48. The Kier molecular flexibility index (Phi) is 5.32. The van der Waals surface area contributed by atoms with E-state index < -0.39 is 0 Å². The highest BCUT2D eigenvalue weighted by Gasteiger charge is 2.26. The zero-order chi connectivity index (χ0) is 19.5. The number of carbonyl (C=O) groups is 1. The van der Waals surface area contributed by atoms with Crippen LogP contribution in [-0.4, -0.2) is 43.0 Å². The van der Waals surface area contributed by atoms with Gasteiger partial charge in [0.1, 0.15) is 5.82 Å². The molecule has 0 unspecified atom stereocenters. The summed E-state index contributed by atoms with van der Waals surface area (Å²) in [7, 11) is 0. The summed E-state index contributed by atoms with van der Waals surface area (Å²) in [5.41, 5.74) is 4.41. The summed E-state index contributed by atoms with van der Waals surface area (Å²) in [6.07, 6.45) is 9.86. The molecule has 28 heavy (non-hydrogen) atoms. The van der Waals surface area contributed by atoms with Crippen LogP contribution >= 0.6 is 0 Å². The van der Waals surface area contributed by atoms with E-state index in [1.165, 1.54) is 17.5 Å². The Morgan fingerprint density at radius 3 is 3.04 bits per heavy atom. The number of H-pyrrole nitrogens is 1. The molecule has 0 radical (unpaired) electrons. The third-order valence-electron chi connectivity index (χ3n) is 5.80. The van der Waals surface area contributed by atoms with Gasteiger partial charge in [-0.25, -0.2) is 14.8 Å². The molecular formula is C21H28N6O. The van der Waals surface area contributed by atoms with E-state index >= 15 is 0 Å². The van der Waals surface area contributed by atoms with E-state index in [2.05, 4.69) is 44.7 Å². The molecule has 1 fully saturated rings. The van der Waals surface area contributed by atoms with Crippen molar-refractivity contribution in [1.82, 2.24) is 29.7 Å². The molecule has 1 atom stereocenters. The van der Waals surface area contributed by atoms with Crippen LogP contribution in [0.3, 0.4) is 0 Å². The number of hydrogen-bond acceptors (Lipinski definition) is 3. The average molecular weight is 380 g/mol. The number of urea groups is 1. The van der Waals surface area contributed by atoms with E-state index in [0.29, 0.717) is 6.54 Å². The van der Waals surface area contributed by atoms with E-state index in [1.807, 2.05) is 23.5 Å². The monoisotopic (exact) mass is 380 g/mol. The molecule has 1 aliphatic rings. The van der Waals surface area contributed by atoms with Crippen molar-refractivity contribution in [3.8, 4) is 0 Å². The summed E-state index contributed by atoms with van der Waals surface area (Å²) in [6.45, 7) is 6.29. The molecule has 3 heterocycles. The molecule has 2 amide bonds. The Bertz CT molecular complexity index is 945. The fourth-order valence-electron chi connectivity index (χ4n) is 3.99. The molecule has 4 rings (SSSR count). The lowest BCUT2D eigenvalue weighted by Gasteiger charge is -2.35. The Morgan fingerprint density at radius 1 is 1.32 bits per heavy atom. The molecule has 7 nitrogen and oxygen atoms in total. The second-order valence-corrected chi connectivity index (χ2v) is 7.68. The number of carbonyl (C=O) groups excluding carboxylic acids is 1. The number of hydrogen-bond donors (Lipinski definition) is 2. The lowest BCUT2D eigenvalue weighted by molar-refractivity contribution is 0.143. The van der Waals surface area contributed by atoms with Crippen molar-refractivity contribution >= 4 is 17.1 Å². The minimum atomic E-state index is 0.00342. The van der Waals surface area contributed by atoms with Crippen LogP contribution in [0.2, 0.25) is 0 Å². The second kappa shape index (κ2) is 8.04. The van der Waals surface area contributed by atoms with Crippen molar-refractivity contribution in [2.24, 2.45) is 0 Å². The average Bonchev–Trinajstić information content (AvgIpc) is 3.37. The minimum Gasteiger partial charge on any atom is -0.340 e. The van der Waals surface area contributed by atoms with Crippen LogP contribution in [0.1, 0.15) is 42.6 Å². The quantitative estimate of drug-likeness (QED) is 0.711. The highest BCUT2D eigenvalue weighted by Crippen LogP contribution is 2.21. The number of nitrogens with zero attached hydrogens (tertiary/aromatic N) is 4. The summed E-state index contributed by atoms with van der Waals surface area (Å²) >= 11 is 0. The highest BCUT2D eigenvalue weighted by molar-refractivity contribution is 5.80. The largest absolute Gasteiger partial charge is 0.340 e. The van der Waals surface area contributed by atoms with Gasteiger partial charge in [0.25, 0.3) is 0 Å². The first-order valence-corrected chi connectivity index (χ1v) is 10.1. The van der Waals surface area contributed by atoms with Crippen molar-refractivity contribution in [2.75, 3.05) is 6.54 Å². The molecule has 1 saturated heterocycles. The number of nitrogens with one attached hydrogen (secondary N) is 2. The van der Waals surface area contributed by atoms with Gasteiger partial charge >= 0.3 is 6.03 Å². The normalized spacial score (nSPS) is 17.2. The highest BCUT2D eigenvalue weighted by atomic mass is 16.2. The summed E-state index contributed by atoms with van der Waals surface area (Å²) in [5.74, 6) is 0.795. The predicted octanol–water partition coefficient (Wildman–Crippen LogP) is 3.53. The Labute approximate surface area is 165 Å². The number of aromatic amines is 1. The molecule has 1 aromatic carbocycles. The number of fused-ring (bicyclic) bond motifs is 1. The fraction of sp³-hybridized carbons (Fsp3) is 0.476. The first-order valence-electron chi connectivity index (χ1n) is 10.1. The number of likely N-dealkylation sites (tertiary alicyclic amines) is 1. The van der Waals surface area contributed by atoms with Crippen LogP contribution in [0, 0.1) is 13.8 Å². The second-order valence-electron chi connectivity index (χ2n) is 7.68. The van der Waals surface area contributed by atoms with Gasteiger partial charge in [0, 0.05) is 31.5 Å². The maximum Gasteiger partial charge on any atom is 0.318 e. The first kappa shape index (κ1) is 18.5. The summed E-state index contributed by atoms with van der Waals surface area (Å²) in [6, 6.07) is 4.42. The van der Waals surface area contributed by atoms with Gasteiger partial charge in [0.2, 0.25) is 0 Å². The van der Waals surface area contributed by atoms with Crippen molar-refractivity contribution in [3.63, 3.8) is 0 Å². The first-order chi connectivity index (χ1) is 13.6.